The fourth-order valence-electron chi connectivity index (χ4n) is 4.04. The van der Waals surface area contributed by atoms with E-state index in [2.05, 4.69) is 15.2 Å². The fraction of sp³-hybridized carbons (Fsp3) is 0.650. The summed E-state index contributed by atoms with van der Waals surface area (Å²) in [6, 6.07) is 3.77. The Bertz CT molecular complexity index is 646. The molecule has 0 amide bonds. The van der Waals surface area contributed by atoms with Gasteiger partial charge in [0.25, 0.3) is 0 Å². The Balaban J connectivity index is 1.62. The molecule has 1 aromatic carbocycles. The minimum Gasteiger partial charge on any atom is -0.496 e. The molecule has 0 radical (unpaired) electrons. The third kappa shape index (κ3) is 4.24. The van der Waals surface area contributed by atoms with Gasteiger partial charge in [0, 0.05) is 56.4 Å². The van der Waals surface area contributed by atoms with E-state index in [0.29, 0.717) is 5.41 Å². The molecule has 1 atom stereocenters. The maximum absolute atomic E-state index is 5.63. The Labute approximate surface area is 161 Å². The molecular weight excluding hydrogens is 346 g/mol. The summed E-state index contributed by atoms with van der Waals surface area (Å²) in [6.45, 7) is 4.55. The number of hydrogen-bond acceptors (Lipinski definition) is 5. The van der Waals surface area contributed by atoms with Crippen LogP contribution in [0.2, 0.25) is 0 Å². The lowest BCUT2D eigenvalue weighted by Crippen LogP contribution is -2.42. The molecule has 0 saturated carbocycles. The van der Waals surface area contributed by atoms with Gasteiger partial charge in [0.1, 0.15) is 17.2 Å². The van der Waals surface area contributed by atoms with Crippen LogP contribution in [0.3, 0.4) is 0 Å². The second-order valence-corrected chi connectivity index (χ2v) is 7.21. The van der Waals surface area contributed by atoms with Gasteiger partial charge >= 0.3 is 0 Å². The number of nitrogens with one attached hydrogen (secondary N) is 1. The molecule has 1 N–H and O–H groups in total. The quantitative estimate of drug-likeness (QED) is 0.604. The molecule has 2 aliphatic rings. The first kappa shape index (κ1) is 19.6. The van der Waals surface area contributed by atoms with E-state index in [-0.39, 0.29) is 0 Å². The Morgan fingerprint density at radius 2 is 1.93 bits per heavy atom. The largest absolute Gasteiger partial charge is 0.496 e. The topological polar surface area (TPSA) is 64.6 Å². The lowest BCUT2D eigenvalue weighted by molar-refractivity contribution is 0.156. The first-order valence-corrected chi connectivity index (χ1v) is 9.47. The summed E-state index contributed by atoms with van der Waals surface area (Å²) in [7, 11) is 6.81. The van der Waals surface area contributed by atoms with Gasteiger partial charge in [-0.25, -0.2) is 0 Å². The zero-order valence-corrected chi connectivity index (χ0v) is 16.8. The van der Waals surface area contributed by atoms with Crippen LogP contribution >= 0.6 is 0 Å². The monoisotopic (exact) mass is 377 g/mol. The minimum absolute atomic E-state index is 0.319. The zero-order valence-electron chi connectivity index (χ0n) is 16.8. The Kier molecular flexibility index (Phi) is 6.31. The fourth-order valence-corrected chi connectivity index (χ4v) is 4.04. The van der Waals surface area contributed by atoms with E-state index in [1.165, 1.54) is 6.42 Å². The van der Waals surface area contributed by atoms with Crippen LogP contribution in [0.4, 0.5) is 0 Å². The molecule has 27 heavy (non-hydrogen) atoms. The van der Waals surface area contributed by atoms with Gasteiger partial charge in [-0.3, -0.25) is 4.99 Å². The number of likely N-dealkylation sites (tertiary alicyclic amines) is 1. The third-order valence-corrected chi connectivity index (χ3v) is 5.61. The Morgan fingerprint density at radius 3 is 2.48 bits per heavy atom. The molecule has 3 rings (SSSR count). The number of aliphatic imine (C=N–C) groups is 1. The number of hydrogen-bond donors (Lipinski definition) is 1. The highest BCUT2D eigenvalue weighted by Gasteiger charge is 2.42. The normalized spacial score (nSPS) is 22.4. The Morgan fingerprint density at radius 1 is 1.19 bits per heavy atom. The zero-order chi connectivity index (χ0) is 19.3. The van der Waals surface area contributed by atoms with Crippen LogP contribution in [-0.2, 0) is 11.2 Å². The van der Waals surface area contributed by atoms with Crippen molar-refractivity contribution in [2.75, 3.05) is 61.2 Å². The van der Waals surface area contributed by atoms with Gasteiger partial charge in [-0.1, -0.05) is 0 Å². The van der Waals surface area contributed by atoms with Gasteiger partial charge in [0.15, 0.2) is 5.96 Å². The highest BCUT2D eigenvalue weighted by molar-refractivity contribution is 5.80. The van der Waals surface area contributed by atoms with E-state index in [4.69, 9.17) is 18.9 Å². The molecule has 1 aromatic rings. The molecule has 0 aromatic heterocycles. The van der Waals surface area contributed by atoms with Crippen LogP contribution in [0.15, 0.2) is 17.1 Å². The van der Waals surface area contributed by atoms with Crippen LogP contribution in [0.25, 0.3) is 0 Å². The number of ether oxygens (including phenoxy) is 4. The summed E-state index contributed by atoms with van der Waals surface area (Å²) in [6.07, 6.45) is 3.09. The van der Waals surface area contributed by atoms with Gasteiger partial charge in [0.05, 0.1) is 27.9 Å². The molecule has 0 aliphatic carbocycles. The highest BCUT2D eigenvalue weighted by Crippen LogP contribution is 2.38. The molecule has 1 spiro atoms. The van der Waals surface area contributed by atoms with Crippen molar-refractivity contribution in [2.45, 2.75) is 19.3 Å². The summed E-state index contributed by atoms with van der Waals surface area (Å²) in [5.41, 5.74) is 1.34. The van der Waals surface area contributed by atoms with E-state index >= 15 is 0 Å². The summed E-state index contributed by atoms with van der Waals surface area (Å²) in [5.74, 6) is 3.21. The van der Waals surface area contributed by atoms with Crippen molar-refractivity contribution in [3.63, 3.8) is 0 Å². The van der Waals surface area contributed by atoms with Crippen LogP contribution in [0.1, 0.15) is 18.4 Å². The van der Waals surface area contributed by atoms with Gasteiger partial charge in [-0.2, -0.15) is 0 Å². The SMILES string of the molecule is CN=C(NCCc1c(OC)cc(OC)cc1OC)N1CCC2(CCOC2)C1. The first-order valence-electron chi connectivity index (χ1n) is 9.47. The molecular formula is C20H31N3O4. The second-order valence-electron chi connectivity index (χ2n) is 7.21. The maximum atomic E-state index is 5.63. The maximum Gasteiger partial charge on any atom is 0.193 e. The molecule has 0 bridgehead atoms. The van der Waals surface area contributed by atoms with Gasteiger partial charge < -0.3 is 29.2 Å². The smallest absolute Gasteiger partial charge is 0.193 e. The van der Waals surface area contributed by atoms with Crippen molar-refractivity contribution in [3.8, 4) is 17.2 Å². The second kappa shape index (κ2) is 8.69. The number of guanidine groups is 1. The van der Waals surface area contributed by atoms with Crippen LogP contribution < -0.4 is 19.5 Å². The summed E-state index contributed by atoms with van der Waals surface area (Å²) in [4.78, 5) is 6.82. The van der Waals surface area contributed by atoms with Gasteiger partial charge in [-0.05, 0) is 19.3 Å². The number of benzene rings is 1. The van der Waals surface area contributed by atoms with E-state index in [1.807, 2.05) is 19.2 Å². The molecule has 2 fully saturated rings. The molecule has 2 aliphatic heterocycles. The number of nitrogens with zero attached hydrogens (tertiary/aromatic N) is 2. The highest BCUT2D eigenvalue weighted by atomic mass is 16.5. The van der Waals surface area contributed by atoms with Crippen molar-refractivity contribution in [1.82, 2.24) is 10.2 Å². The van der Waals surface area contributed by atoms with Crippen LogP contribution in [-0.4, -0.2) is 72.1 Å². The summed E-state index contributed by atoms with van der Waals surface area (Å²) < 4.78 is 22.0. The number of methoxy groups -OCH3 is 3. The number of rotatable bonds is 6. The van der Waals surface area contributed by atoms with Gasteiger partial charge in [0.2, 0.25) is 0 Å². The Hall–Kier alpha value is -2.15. The van der Waals surface area contributed by atoms with E-state index in [0.717, 1.165) is 74.5 Å². The minimum atomic E-state index is 0.319. The predicted molar refractivity (Wildman–Crippen MR) is 105 cm³/mol. The van der Waals surface area contributed by atoms with Crippen molar-refractivity contribution >= 4 is 5.96 Å². The average molecular weight is 377 g/mol. The van der Waals surface area contributed by atoms with Crippen molar-refractivity contribution in [2.24, 2.45) is 10.4 Å². The molecule has 1 unspecified atom stereocenters. The standard InChI is InChI=1S/C20H31N3O4/c1-21-19(23-9-6-20(13-23)7-10-27-14-20)22-8-5-16-17(25-3)11-15(24-2)12-18(16)26-4/h11-12H,5-10,13-14H2,1-4H3,(H,21,22). The van der Waals surface area contributed by atoms with Crippen molar-refractivity contribution in [3.05, 3.63) is 17.7 Å². The summed E-state index contributed by atoms with van der Waals surface area (Å²) in [5, 5.41) is 3.49. The predicted octanol–water partition coefficient (Wildman–Crippen LogP) is 1.94. The van der Waals surface area contributed by atoms with E-state index in [9.17, 15) is 0 Å². The van der Waals surface area contributed by atoms with Crippen LogP contribution in [0, 0.1) is 5.41 Å². The van der Waals surface area contributed by atoms with Crippen molar-refractivity contribution in [1.29, 1.82) is 0 Å². The lowest BCUT2D eigenvalue weighted by atomic mass is 9.87. The molecule has 2 heterocycles. The van der Waals surface area contributed by atoms with Crippen molar-refractivity contribution < 1.29 is 18.9 Å². The average Bonchev–Trinajstić information content (AvgIpc) is 3.34. The molecule has 7 heteroatoms. The third-order valence-electron chi connectivity index (χ3n) is 5.61. The molecule has 2 saturated heterocycles. The van der Waals surface area contributed by atoms with Gasteiger partial charge in [-0.15, -0.1) is 0 Å². The van der Waals surface area contributed by atoms with E-state index in [1.54, 1.807) is 21.3 Å². The van der Waals surface area contributed by atoms with E-state index < -0.39 is 0 Å². The van der Waals surface area contributed by atoms with Crippen LogP contribution in [0.5, 0.6) is 17.2 Å². The first-order chi connectivity index (χ1) is 13.1. The molecule has 7 nitrogen and oxygen atoms in total. The summed E-state index contributed by atoms with van der Waals surface area (Å²) >= 11 is 0. The molecule has 150 valence electrons. The lowest BCUT2D eigenvalue weighted by Gasteiger charge is -2.25.